The van der Waals surface area contributed by atoms with Gasteiger partial charge < -0.3 is 0 Å². The quantitative estimate of drug-likeness (QED) is 0.390. The lowest BCUT2D eigenvalue weighted by Gasteiger charge is -1.79. The predicted molar refractivity (Wildman–Crippen MR) is 116 cm³/mol. The fourth-order valence-electron chi connectivity index (χ4n) is 0. The van der Waals surface area contributed by atoms with E-state index in [9.17, 15) is 0 Å². The first-order valence-electron chi connectivity index (χ1n) is 8.47. The summed E-state index contributed by atoms with van der Waals surface area (Å²) in [6, 6.07) is 0. The van der Waals surface area contributed by atoms with Gasteiger partial charge in [0.15, 0.2) is 0 Å². The van der Waals surface area contributed by atoms with Gasteiger partial charge in [0.1, 0.15) is 0 Å². The maximum atomic E-state index is 3.00. The van der Waals surface area contributed by atoms with Crippen LogP contribution in [0.25, 0.3) is 0 Å². The lowest BCUT2D eigenvalue weighted by molar-refractivity contribution is 0.737. The van der Waals surface area contributed by atoms with Crippen LogP contribution in [0.4, 0.5) is 0 Å². The molecule has 0 heteroatoms. The minimum absolute atomic E-state index is 0. The van der Waals surface area contributed by atoms with E-state index >= 15 is 0 Å². The Morgan fingerprint density at radius 3 is 0.524 bits per heavy atom. The normalized spacial score (nSPS) is 5.05. The summed E-state index contributed by atoms with van der Waals surface area (Å²) >= 11 is 0. The minimum Gasteiger partial charge on any atom is -0.106 e. The van der Waals surface area contributed by atoms with Gasteiger partial charge in [-0.2, -0.15) is 0 Å². The van der Waals surface area contributed by atoms with Crippen molar-refractivity contribution in [2.24, 2.45) is 5.92 Å². The van der Waals surface area contributed by atoms with Crippen LogP contribution in [-0.4, -0.2) is 0 Å². The van der Waals surface area contributed by atoms with Crippen molar-refractivity contribution in [3.63, 3.8) is 0 Å². The first-order valence-corrected chi connectivity index (χ1v) is 8.47. The van der Waals surface area contributed by atoms with Crippen molar-refractivity contribution >= 4 is 0 Å². The molecule has 0 unspecified atom stereocenters. The molecule has 0 aromatic rings. The number of hydrogen-bond acceptors (Lipinski definition) is 0. The fraction of sp³-hybridized carbons (Fsp3) is 0.905. The molecule has 142 valence electrons. The molecule has 0 aromatic carbocycles. The summed E-state index contributed by atoms with van der Waals surface area (Å²) in [5.74, 6) is 0.833. The molecule has 0 radical (unpaired) electrons. The van der Waals surface area contributed by atoms with Crippen molar-refractivity contribution in [1.82, 2.24) is 0 Å². The van der Waals surface area contributed by atoms with Gasteiger partial charge >= 0.3 is 0 Å². The molecule has 0 rings (SSSR count). The zero-order valence-electron chi connectivity index (χ0n) is 17.1. The lowest BCUT2D eigenvalue weighted by Crippen LogP contribution is -1.66. The predicted octanol–water partition coefficient (Wildman–Crippen LogP) is 10.0. The third-order valence-corrected chi connectivity index (χ3v) is 0. The lowest BCUT2D eigenvalue weighted by atomic mass is 10.3. The minimum atomic E-state index is 0. The van der Waals surface area contributed by atoms with Crippen molar-refractivity contribution in [2.75, 3.05) is 0 Å². The molecule has 0 amide bonds. The molecule has 0 saturated carbocycles. The molecule has 0 nitrogen and oxygen atoms in total. The molecular formula is C21H58. The largest absolute Gasteiger partial charge is 0.106 e. The van der Waals surface area contributed by atoms with E-state index in [1.165, 1.54) is 19.3 Å². The highest BCUT2D eigenvalue weighted by molar-refractivity contribution is 4.22. The number of rotatable bonds is 0. The van der Waals surface area contributed by atoms with Gasteiger partial charge in [-0.1, -0.05) is 124 Å². The van der Waals surface area contributed by atoms with Crippen LogP contribution >= 0.6 is 0 Å². The summed E-state index contributed by atoms with van der Waals surface area (Å²) in [5.41, 5.74) is 0. The number of hydrogen-bond donors (Lipinski definition) is 0. The van der Waals surface area contributed by atoms with Gasteiger partial charge in [-0.15, -0.1) is 13.2 Å². The van der Waals surface area contributed by atoms with E-state index in [-0.39, 0.29) is 14.9 Å². The summed E-state index contributed by atoms with van der Waals surface area (Å²) in [6.45, 7) is 33.2. The van der Waals surface area contributed by atoms with Gasteiger partial charge in [0, 0.05) is 0 Å². The summed E-state index contributed by atoms with van der Waals surface area (Å²) < 4.78 is 0. The molecule has 0 aliphatic rings. The van der Waals surface area contributed by atoms with Crippen molar-refractivity contribution in [3.8, 4) is 0 Å². The van der Waals surface area contributed by atoms with E-state index in [0.717, 1.165) is 5.92 Å². The Bertz CT molecular complexity index is 29.8. The highest BCUT2D eigenvalue weighted by Crippen LogP contribution is 1.81. The molecule has 0 spiro atoms. The summed E-state index contributed by atoms with van der Waals surface area (Å²) in [7, 11) is 0. The monoisotopic (exact) mass is 310 g/mol. The third-order valence-electron chi connectivity index (χ3n) is 0. The Labute approximate surface area is 143 Å². The smallest absolute Gasteiger partial charge is 0.0500 e. The zero-order chi connectivity index (χ0) is 17.7. The van der Waals surface area contributed by atoms with Gasteiger partial charge in [-0.25, -0.2) is 0 Å². The molecule has 0 heterocycles. The van der Waals surface area contributed by atoms with Gasteiger partial charge in [-0.3, -0.25) is 0 Å². The van der Waals surface area contributed by atoms with Gasteiger partial charge in [0.2, 0.25) is 0 Å². The van der Waals surface area contributed by atoms with E-state index in [1.54, 1.807) is 0 Å². The van der Waals surface area contributed by atoms with Crippen LogP contribution in [0.3, 0.4) is 0 Å². The highest BCUT2D eigenvalue weighted by Gasteiger charge is 1.68. The van der Waals surface area contributed by atoms with Gasteiger partial charge in [-0.05, 0) is 5.92 Å². The van der Waals surface area contributed by atoms with Gasteiger partial charge in [0.05, 0.1) is 0 Å². The van der Waals surface area contributed by atoms with Crippen molar-refractivity contribution in [2.45, 2.75) is 124 Å². The summed E-state index contributed by atoms with van der Waals surface area (Å²) in [4.78, 5) is 0. The standard InChI is InChI=1S/C4H10.3C3H8.2C2H6.C2H4.2CH4/c1-4(2)3;3*1-3-2;3*1-2;;/h4H,1-3H3;3*3H2,1-2H3;2*1-2H3;1-2H2;2*1H4. The van der Waals surface area contributed by atoms with Crippen molar-refractivity contribution in [3.05, 3.63) is 13.2 Å². The van der Waals surface area contributed by atoms with Crippen molar-refractivity contribution < 1.29 is 0 Å². The van der Waals surface area contributed by atoms with Crippen molar-refractivity contribution in [1.29, 1.82) is 0 Å². The second kappa shape index (κ2) is 210. The molecule has 0 aromatic heterocycles. The van der Waals surface area contributed by atoms with Gasteiger partial charge in [0.25, 0.3) is 0 Å². The highest BCUT2D eigenvalue weighted by atomic mass is 13.7. The maximum absolute atomic E-state index is 3.00. The van der Waals surface area contributed by atoms with E-state index in [2.05, 4.69) is 75.5 Å². The third kappa shape index (κ3) is 91900. The van der Waals surface area contributed by atoms with Crippen LogP contribution in [-0.2, 0) is 0 Å². The van der Waals surface area contributed by atoms with Crippen LogP contribution in [0.1, 0.15) is 124 Å². The molecule has 0 fully saturated rings. The molecule has 0 atom stereocenters. The van der Waals surface area contributed by atoms with E-state index in [0.29, 0.717) is 0 Å². The maximum Gasteiger partial charge on any atom is -0.0500 e. The molecule has 0 bridgehead atoms. The van der Waals surface area contributed by atoms with Crippen LogP contribution in [0.15, 0.2) is 13.2 Å². The molecule has 0 N–H and O–H groups in total. The molecule has 0 aliphatic carbocycles. The average molecular weight is 311 g/mol. The van der Waals surface area contributed by atoms with Crippen LogP contribution in [0.5, 0.6) is 0 Å². The summed E-state index contributed by atoms with van der Waals surface area (Å²) in [5, 5.41) is 0. The zero-order valence-corrected chi connectivity index (χ0v) is 17.1. The first-order chi connectivity index (χ1) is 8.97. The summed E-state index contributed by atoms with van der Waals surface area (Å²) in [6.07, 6.45) is 3.75. The first kappa shape index (κ1) is 58.6. The average Bonchev–Trinajstić information content (AvgIpc) is 2.38. The molecule has 0 saturated heterocycles. The van der Waals surface area contributed by atoms with Crippen LogP contribution in [0.2, 0.25) is 0 Å². The van der Waals surface area contributed by atoms with E-state index in [1.807, 2.05) is 27.7 Å². The second-order valence-corrected chi connectivity index (χ2v) is 3.85. The second-order valence-electron chi connectivity index (χ2n) is 3.85. The van der Waals surface area contributed by atoms with Crippen LogP contribution < -0.4 is 0 Å². The molecule has 21 heavy (non-hydrogen) atoms. The Morgan fingerprint density at radius 1 is 0.524 bits per heavy atom. The fourth-order valence-corrected chi connectivity index (χ4v) is 0. The van der Waals surface area contributed by atoms with Crippen LogP contribution in [0, 0.1) is 5.92 Å². The Balaban J connectivity index is -0.0000000114. The topological polar surface area (TPSA) is 0 Å². The SMILES string of the molecule is C.C.C=C.CC.CC.CC(C)C.CCC.CCC.CCC. The Hall–Kier alpha value is -0.260. The Kier molecular flexibility index (Phi) is 588. The molecule has 0 aliphatic heterocycles. The molecular weight excluding hydrogens is 252 g/mol. The van der Waals surface area contributed by atoms with E-state index < -0.39 is 0 Å². The van der Waals surface area contributed by atoms with E-state index in [4.69, 9.17) is 0 Å². The Morgan fingerprint density at radius 2 is 0.524 bits per heavy atom.